The molecule has 1 fully saturated rings. The number of ether oxygens (including phenoxy) is 3. The van der Waals surface area contributed by atoms with Gasteiger partial charge in [0.1, 0.15) is 11.9 Å². The zero-order valence-corrected chi connectivity index (χ0v) is 10.9. The maximum Gasteiger partial charge on any atom is 0.124 e. The first-order chi connectivity index (χ1) is 8.90. The third-order valence-corrected chi connectivity index (χ3v) is 2.95. The first-order valence-corrected chi connectivity index (χ1v) is 6.42. The molecule has 0 aromatic heterocycles. The van der Waals surface area contributed by atoms with Gasteiger partial charge in [0.15, 0.2) is 0 Å². The molecule has 0 aliphatic carbocycles. The fraction of sp³-hybridized carbons (Fsp3) is 0.571. The molecule has 1 N–H and O–H groups in total. The van der Waals surface area contributed by atoms with E-state index < -0.39 is 0 Å². The van der Waals surface area contributed by atoms with Gasteiger partial charge in [-0.25, -0.2) is 0 Å². The zero-order chi connectivity index (χ0) is 12.6. The lowest BCUT2D eigenvalue weighted by Gasteiger charge is -2.15. The molecule has 1 aliphatic rings. The van der Waals surface area contributed by atoms with Crippen LogP contribution in [-0.4, -0.2) is 39.6 Å². The second-order valence-electron chi connectivity index (χ2n) is 4.38. The molecular formula is C14H21NO3. The topological polar surface area (TPSA) is 39.7 Å². The molecule has 2 rings (SSSR count). The largest absolute Gasteiger partial charge is 0.488 e. The highest BCUT2D eigenvalue weighted by atomic mass is 16.5. The highest BCUT2D eigenvalue weighted by Gasteiger charge is 2.18. The summed E-state index contributed by atoms with van der Waals surface area (Å²) in [7, 11) is 1.71. The Morgan fingerprint density at radius 2 is 2.28 bits per heavy atom. The zero-order valence-electron chi connectivity index (χ0n) is 10.9. The van der Waals surface area contributed by atoms with E-state index in [0.717, 1.165) is 38.5 Å². The summed E-state index contributed by atoms with van der Waals surface area (Å²) in [6, 6.07) is 8.14. The van der Waals surface area contributed by atoms with Gasteiger partial charge in [-0.1, -0.05) is 18.2 Å². The van der Waals surface area contributed by atoms with Crippen LogP contribution in [0.4, 0.5) is 0 Å². The molecular weight excluding hydrogens is 230 g/mol. The monoisotopic (exact) mass is 251 g/mol. The molecule has 1 heterocycles. The molecule has 1 aromatic carbocycles. The molecule has 0 spiro atoms. The van der Waals surface area contributed by atoms with Crippen molar-refractivity contribution in [1.82, 2.24) is 5.32 Å². The van der Waals surface area contributed by atoms with E-state index in [1.165, 1.54) is 5.56 Å². The summed E-state index contributed by atoms with van der Waals surface area (Å²) in [5.74, 6) is 0.956. The van der Waals surface area contributed by atoms with Gasteiger partial charge in [-0.05, 0) is 6.07 Å². The van der Waals surface area contributed by atoms with E-state index >= 15 is 0 Å². The number of nitrogens with one attached hydrogen (secondary N) is 1. The standard InChI is InChI=1S/C14H21NO3/c1-16-9-7-15-10-12-4-2-3-5-14(12)18-13-6-8-17-11-13/h2-5,13,15H,6-11H2,1H3. The van der Waals surface area contributed by atoms with Crippen molar-refractivity contribution in [2.45, 2.75) is 19.1 Å². The third-order valence-electron chi connectivity index (χ3n) is 2.95. The smallest absolute Gasteiger partial charge is 0.124 e. The molecule has 1 aromatic rings. The van der Waals surface area contributed by atoms with Gasteiger partial charge in [0.05, 0.1) is 19.8 Å². The Bertz CT molecular complexity index is 351. The highest BCUT2D eigenvalue weighted by molar-refractivity contribution is 5.33. The number of hydrogen-bond acceptors (Lipinski definition) is 4. The predicted molar refractivity (Wildman–Crippen MR) is 69.9 cm³/mol. The summed E-state index contributed by atoms with van der Waals surface area (Å²) in [4.78, 5) is 0. The van der Waals surface area contributed by atoms with Gasteiger partial charge in [-0.3, -0.25) is 0 Å². The Hall–Kier alpha value is -1.10. The SMILES string of the molecule is COCCNCc1ccccc1OC1CCOC1. The number of para-hydroxylation sites is 1. The molecule has 1 aliphatic heterocycles. The lowest BCUT2D eigenvalue weighted by molar-refractivity contribution is 0.140. The van der Waals surface area contributed by atoms with E-state index in [1.54, 1.807) is 7.11 Å². The van der Waals surface area contributed by atoms with Crippen molar-refractivity contribution in [3.05, 3.63) is 29.8 Å². The molecule has 0 bridgehead atoms. The lowest BCUT2D eigenvalue weighted by atomic mass is 10.2. The molecule has 1 unspecified atom stereocenters. The third kappa shape index (κ3) is 3.98. The van der Waals surface area contributed by atoms with Crippen LogP contribution in [0.15, 0.2) is 24.3 Å². The van der Waals surface area contributed by atoms with Crippen molar-refractivity contribution in [2.75, 3.05) is 33.5 Å². The van der Waals surface area contributed by atoms with Gasteiger partial charge in [-0.2, -0.15) is 0 Å². The van der Waals surface area contributed by atoms with Gasteiger partial charge in [0.25, 0.3) is 0 Å². The second kappa shape index (κ2) is 7.36. The van der Waals surface area contributed by atoms with Gasteiger partial charge < -0.3 is 19.5 Å². The van der Waals surface area contributed by atoms with E-state index in [1.807, 2.05) is 18.2 Å². The number of benzene rings is 1. The fourth-order valence-electron chi connectivity index (χ4n) is 1.95. The van der Waals surface area contributed by atoms with Crippen molar-refractivity contribution in [1.29, 1.82) is 0 Å². The number of rotatable bonds is 7. The quantitative estimate of drug-likeness (QED) is 0.747. The first-order valence-electron chi connectivity index (χ1n) is 6.42. The molecule has 4 heteroatoms. The Morgan fingerprint density at radius 1 is 1.39 bits per heavy atom. The summed E-state index contributed by atoms with van der Waals surface area (Å²) < 4.78 is 16.3. The number of hydrogen-bond donors (Lipinski definition) is 1. The molecule has 0 amide bonds. The number of methoxy groups -OCH3 is 1. The molecule has 100 valence electrons. The Balaban J connectivity index is 1.87. The Labute approximate surface area is 108 Å². The van der Waals surface area contributed by atoms with E-state index in [4.69, 9.17) is 14.2 Å². The highest BCUT2D eigenvalue weighted by Crippen LogP contribution is 2.21. The molecule has 1 atom stereocenters. The van der Waals surface area contributed by atoms with Gasteiger partial charge in [0, 0.05) is 32.2 Å². The molecule has 0 radical (unpaired) electrons. The van der Waals surface area contributed by atoms with E-state index in [-0.39, 0.29) is 6.10 Å². The van der Waals surface area contributed by atoms with Crippen LogP contribution in [0.5, 0.6) is 5.75 Å². The van der Waals surface area contributed by atoms with Gasteiger partial charge in [0.2, 0.25) is 0 Å². The summed E-state index contributed by atoms with van der Waals surface area (Å²) in [6.45, 7) is 3.87. The van der Waals surface area contributed by atoms with Crippen LogP contribution < -0.4 is 10.1 Å². The van der Waals surface area contributed by atoms with Gasteiger partial charge in [-0.15, -0.1) is 0 Å². The summed E-state index contributed by atoms with van der Waals surface area (Å²) in [6.07, 6.45) is 1.18. The van der Waals surface area contributed by atoms with Crippen LogP contribution >= 0.6 is 0 Å². The second-order valence-corrected chi connectivity index (χ2v) is 4.38. The van der Waals surface area contributed by atoms with Crippen molar-refractivity contribution < 1.29 is 14.2 Å². The average molecular weight is 251 g/mol. The van der Waals surface area contributed by atoms with Crippen molar-refractivity contribution >= 4 is 0 Å². The lowest BCUT2D eigenvalue weighted by Crippen LogP contribution is -2.21. The normalized spacial score (nSPS) is 19.1. The average Bonchev–Trinajstić information content (AvgIpc) is 2.89. The van der Waals surface area contributed by atoms with Crippen LogP contribution in [0.1, 0.15) is 12.0 Å². The van der Waals surface area contributed by atoms with Gasteiger partial charge >= 0.3 is 0 Å². The molecule has 0 saturated carbocycles. The Morgan fingerprint density at radius 3 is 3.06 bits per heavy atom. The maximum absolute atomic E-state index is 5.97. The van der Waals surface area contributed by atoms with Crippen molar-refractivity contribution in [3.8, 4) is 5.75 Å². The maximum atomic E-state index is 5.97. The first kappa shape index (κ1) is 13.3. The summed E-state index contributed by atoms with van der Waals surface area (Å²) >= 11 is 0. The minimum atomic E-state index is 0.199. The van der Waals surface area contributed by atoms with Crippen molar-refractivity contribution in [3.63, 3.8) is 0 Å². The predicted octanol–water partition coefficient (Wildman–Crippen LogP) is 1.59. The van der Waals surface area contributed by atoms with Crippen LogP contribution in [0, 0.1) is 0 Å². The minimum Gasteiger partial charge on any atom is -0.488 e. The summed E-state index contributed by atoms with van der Waals surface area (Å²) in [5.41, 5.74) is 1.18. The van der Waals surface area contributed by atoms with E-state index in [2.05, 4.69) is 11.4 Å². The van der Waals surface area contributed by atoms with Crippen LogP contribution in [0.25, 0.3) is 0 Å². The van der Waals surface area contributed by atoms with E-state index in [9.17, 15) is 0 Å². The van der Waals surface area contributed by atoms with Crippen LogP contribution in [-0.2, 0) is 16.0 Å². The molecule has 18 heavy (non-hydrogen) atoms. The minimum absolute atomic E-state index is 0.199. The summed E-state index contributed by atoms with van der Waals surface area (Å²) in [5, 5.41) is 3.33. The van der Waals surface area contributed by atoms with Crippen LogP contribution in [0.2, 0.25) is 0 Å². The van der Waals surface area contributed by atoms with Crippen LogP contribution in [0.3, 0.4) is 0 Å². The molecule has 4 nitrogen and oxygen atoms in total. The fourth-order valence-corrected chi connectivity index (χ4v) is 1.95. The Kier molecular flexibility index (Phi) is 5.45. The molecule has 1 saturated heterocycles. The van der Waals surface area contributed by atoms with Crippen molar-refractivity contribution in [2.24, 2.45) is 0 Å². The van der Waals surface area contributed by atoms with E-state index in [0.29, 0.717) is 6.61 Å².